The molecular formula is C31H31BrFN5O5. The number of hydrogen-bond donors (Lipinski definition) is 3. The number of pyridine rings is 1. The number of methoxy groups -OCH3 is 1. The summed E-state index contributed by atoms with van der Waals surface area (Å²) in [6.07, 6.45) is 5.39. The third kappa shape index (κ3) is 5.45. The van der Waals surface area contributed by atoms with E-state index in [0.29, 0.717) is 35.7 Å². The fourth-order valence-electron chi connectivity index (χ4n) is 5.35. The number of aromatic nitrogens is 3. The average Bonchev–Trinajstić information content (AvgIpc) is 3.94. The number of nitrogens with two attached hydrogens (primary N) is 1. The first kappa shape index (κ1) is 29.1. The Kier molecular flexibility index (Phi) is 7.59. The Hall–Kier alpha value is -4.03. The molecule has 0 radical (unpaired) electrons. The van der Waals surface area contributed by atoms with Crippen LogP contribution in [-0.2, 0) is 5.60 Å². The molecule has 0 unspecified atom stereocenters. The molecule has 2 fully saturated rings. The maximum absolute atomic E-state index is 15.3. The summed E-state index contributed by atoms with van der Waals surface area (Å²) in [5.74, 6) is -1.63. The summed E-state index contributed by atoms with van der Waals surface area (Å²) in [5, 5.41) is 20.3. The zero-order valence-electron chi connectivity index (χ0n) is 23.7. The molecule has 2 aliphatic rings. The number of halogens is 2. The molecule has 12 heteroatoms. The van der Waals surface area contributed by atoms with E-state index in [1.54, 1.807) is 25.1 Å². The van der Waals surface area contributed by atoms with E-state index in [1.165, 1.54) is 25.3 Å². The predicted molar refractivity (Wildman–Crippen MR) is 161 cm³/mol. The van der Waals surface area contributed by atoms with Crippen LogP contribution in [0.5, 0.6) is 11.5 Å². The minimum Gasteiger partial charge on any atom is -0.494 e. The minimum absolute atomic E-state index is 0.0186. The second-order valence-corrected chi connectivity index (χ2v) is 11.8. The van der Waals surface area contributed by atoms with E-state index < -0.39 is 23.2 Å². The Morgan fingerprint density at radius 3 is 2.65 bits per heavy atom. The van der Waals surface area contributed by atoms with Crippen LogP contribution in [0.25, 0.3) is 22.2 Å². The molecule has 10 nitrogen and oxygen atoms in total. The van der Waals surface area contributed by atoms with Gasteiger partial charge in [0.2, 0.25) is 0 Å². The van der Waals surface area contributed by atoms with Gasteiger partial charge in [-0.05, 0) is 84.8 Å². The molecular weight excluding hydrogens is 621 g/mol. The highest BCUT2D eigenvalue weighted by molar-refractivity contribution is 9.10. The molecule has 2 saturated carbocycles. The van der Waals surface area contributed by atoms with Crippen LogP contribution in [0.4, 0.5) is 4.39 Å². The topological polar surface area (TPSA) is 142 Å². The Morgan fingerprint density at radius 2 is 2.00 bits per heavy atom. The molecule has 0 aliphatic heterocycles. The normalized spacial score (nSPS) is 16.1. The third-order valence-electron chi connectivity index (χ3n) is 7.94. The van der Waals surface area contributed by atoms with Crippen molar-refractivity contribution >= 4 is 38.6 Å². The Bertz CT molecular complexity index is 1750. The highest BCUT2D eigenvalue weighted by atomic mass is 79.9. The number of rotatable bonds is 11. The van der Waals surface area contributed by atoms with Crippen molar-refractivity contribution < 1.29 is 28.6 Å². The Labute approximate surface area is 255 Å². The van der Waals surface area contributed by atoms with Crippen LogP contribution in [0.15, 0.2) is 47.1 Å². The number of carbonyl (C=O) groups excluding carboxylic acids is 2. The van der Waals surface area contributed by atoms with Crippen LogP contribution in [0.3, 0.4) is 0 Å². The van der Waals surface area contributed by atoms with Crippen LogP contribution >= 0.6 is 15.9 Å². The molecule has 43 heavy (non-hydrogen) atoms. The van der Waals surface area contributed by atoms with Gasteiger partial charge in [0, 0.05) is 22.7 Å². The van der Waals surface area contributed by atoms with Crippen molar-refractivity contribution in [3.63, 3.8) is 0 Å². The lowest BCUT2D eigenvalue weighted by Gasteiger charge is -2.29. The molecule has 0 saturated heterocycles. The van der Waals surface area contributed by atoms with Crippen molar-refractivity contribution in [3.8, 4) is 22.8 Å². The predicted octanol–water partition coefficient (Wildman–Crippen LogP) is 4.87. The van der Waals surface area contributed by atoms with Crippen LogP contribution in [-0.4, -0.2) is 51.9 Å². The van der Waals surface area contributed by atoms with Crippen molar-refractivity contribution in [1.82, 2.24) is 20.1 Å². The molecule has 2 aliphatic carbocycles. The van der Waals surface area contributed by atoms with Gasteiger partial charge in [0.25, 0.3) is 11.8 Å². The van der Waals surface area contributed by atoms with E-state index >= 15 is 4.39 Å². The largest absolute Gasteiger partial charge is 0.494 e. The van der Waals surface area contributed by atoms with Gasteiger partial charge in [-0.2, -0.15) is 5.10 Å². The lowest BCUT2D eigenvalue weighted by atomic mass is 9.90. The molecule has 2 aromatic carbocycles. The van der Waals surface area contributed by atoms with E-state index in [9.17, 15) is 14.7 Å². The molecule has 2 amide bonds. The summed E-state index contributed by atoms with van der Waals surface area (Å²) >= 11 is 3.20. The number of fused-ring (bicyclic) bond motifs is 1. The molecule has 1 atom stereocenters. The number of primary amides is 1. The minimum atomic E-state index is -1.67. The van der Waals surface area contributed by atoms with Gasteiger partial charge >= 0.3 is 0 Å². The summed E-state index contributed by atoms with van der Waals surface area (Å²) in [6.45, 7) is 1.68. The van der Waals surface area contributed by atoms with Gasteiger partial charge < -0.3 is 25.6 Å². The van der Waals surface area contributed by atoms with Crippen LogP contribution in [0.2, 0.25) is 0 Å². The quantitative estimate of drug-likeness (QED) is 0.210. The number of hydrogen-bond acceptors (Lipinski definition) is 7. The highest BCUT2D eigenvalue weighted by Gasteiger charge is 2.47. The van der Waals surface area contributed by atoms with E-state index in [2.05, 4.69) is 31.3 Å². The molecule has 4 aromatic rings. The molecule has 2 aromatic heterocycles. The second-order valence-electron chi connectivity index (χ2n) is 11.0. The summed E-state index contributed by atoms with van der Waals surface area (Å²) < 4.78 is 28.7. The molecule has 0 spiro atoms. The van der Waals surface area contributed by atoms with Gasteiger partial charge in [-0.3, -0.25) is 14.3 Å². The molecule has 2 heterocycles. The summed E-state index contributed by atoms with van der Waals surface area (Å²) in [4.78, 5) is 30.7. The number of ether oxygens (including phenoxy) is 2. The Morgan fingerprint density at radius 1 is 1.23 bits per heavy atom. The smallest absolute Gasteiger partial charge is 0.252 e. The van der Waals surface area contributed by atoms with Gasteiger partial charge in [-0.1, -0.05) is 6.07 Å². The summed E-state index contributed by atoms with van der Waals surface area (Å²) in [5.41, 5.74) is 5.21. The SMILES string of the molecule is CCOc1c(C(N)=O)cc([C@@](O)(CNC(=O)c2cc(OC)c3nn(C4CC4)cc3c2)C2CC2)nc1-c1cccc(Br)c1F. The lowest BCUT2D eigenvalue weighted by Crippen LogP contribution is -2.43. The summed E-state index contributed by atoms with van der Waals surface area (Å²) in [6, 6.07) is 9.77. The van der Waals surface area contributed by atoms with Crippen molar-refractivity contribution in [2.45, 2.75) is 44.2 Å². The van der Waals surface area contributed by atoms with Gasteiger partial charge in [-0.25, -0.2) is 9.37 Å². The van der Waals surface area contributed by atoms with Crippen molar-refractivity contribution in [3.05, 3.63) is 69.7 Å². The van der Waals surface area contributed by atoms with E-state index in [4.69, 9.17) is 15.2 Å². The van der Waals surface area contributed by atoms with Crippen LogP contribution in [0.1, 0.15) is 65.1 Å². The molecule has 6 rings (SSSR count). The first-order valence-corrected chi connectivity index (χ1v) is 14.9. The van der Waals surface area contributed by atoms with Crippen molar-refractivity contribution in [2.75, 3.05) is 20.3 Å². The lowest BCUT2D eigenvalue weighted by molar-refractivity contribution is 0.00946. The van der Waals surface area contributed by atoms with Gasteiger partial charge in [0.15, 0.2) is 5.75 Å². The number of nitrogens with one attached hydrogen (secondary N) is 1. The number of carbonyl (C=O) groups is 2. The third-order valence-corrected chi connectivity index (χ3v) is 8.56. The van der Waals surface area contributed by atoms with Crippen LogP contribution < -0.4 is 20.5 Å². The standard InChI is InChI=1S/C31H31BrFN5O5/c1-3-43-28-21(29(34)39)13-24(36-27(28)20-5-4-6-22(32)25(20)33)31(41,18-7-8-18)15-35-30(40)16-11-17-14-38(19-9-10-19)37-26(17)23(12-16)42-2/h4-6,11-14,18-19,41H,3,7-10,15H2,1-2H3,(H2,34,39)(H,35,40)/t31-/m1/s1. The van der Waals surface area contributed by atoms with Gasteiger partial charge in [-0.15, -0.1) is 0 Å². The van der Waals surface area contributed by atoms with Gasteiger partial charge in [0.05, 0.1) is 42.0 Å². The number of nitrogens with zero attached hydrogens (tertiary/aromatic N) is 3. The van der Waals surface area contributed by atoms with Crippen molar-refractivity contribution in [2.24, 2.45) is 11.7 Å². The van der Waals surface area contributed by atoms with Crippen LogP contribution in [0, 0.1) is 11.7 Å². The first-order valence-electron chi connectivity index (χ1n) is 14.1. The fraction of sp³-hybridized carbons (Fsp3) is 0.355. The first-order chi connectivity index (χ1) is 20.6. The molecule has 4 N–H and O–H groups in total. The number of benzene rings is 2. The zero-order chi connectivity index (χ0) is 30.5. The van der Waals surface area contributed by atoms with E-state index in [0.717, 1.165) is 18.2 Å². The number of amides is 2. The fourth-order valence-corrected chi connectivity index (χ4v) is 5.72. The van der Waals surface area contributed by atoms with Crippen molar-refractivity contribution in [1.29, 1.82) is 0 Å². The average molecular weight is 653 g/mol. The molecule has 224 valence electrons. The molecule has 0 bridgehead atoms. The maximum Gasteiger partial charge on any atom is 0.252 e. The summed E-state index contributed by atoms with van der Waals surface area (Å²) in [7, 11) is 1.53. The monoisotopic (exact) mass is 651 g/mol. The maximum atomic E-state index is 15.3. The second kappa shape index (κ2) is 11.2. The highest BCUT2D eigenvalue weighted by Crippen LogP contribution is 2.47. The van der Waals surface area contributed by atoms with E-state index in [1.807, 2.05) is 10.9 Å². The zero-order valence-corrected chi connectivity index (χ0v) is 25.3. The van der Waals surface area contributed by atoms with Gasteiger partial charge in [0.1, 0.15) is 28.4 Å². The Balaban J connectivity index is 1.37. The number of aliphatic hydroxyl groups is 1. The van der Waals surface area contributed by atoms with E-state index in [-0.39, 0.29) is 51.8 Å².